The molecule has 0 fully saturated rings. The molecular weight excluding hydrogens is 218 g/mol. The zero-order valence-electron chi connectivity index (χ0n) is 9.21. The quantitative estimate of drug-likeness (QED) is 0.823. The summed E-state index contributed by atoms with van der Waals surface area (Å²) in [7, 11) is 0. The van der Waals surface area contributed by atoms with E-state index in [-0.39, 0.29) is 11.7 Å². The minimum Gasteiger partial charge on any atom is -0.507 e. The summed E-state index contributed by atoms with van der Waals surface area (Å²) in [6, 6.07) is 6.87. The van der Waals surface area contributed by atoms with Crippen LogP contribution in [-0.2, 0) is 4.79 Å². The minimum absolute atomic E-state index is 0.147. The second-order valence-corrected chi connectivity index (χ2v) is 3.49. The number of rotatable bonds is 2. The molecule has 86 valence electrons. The van der Waals surface area contributed by atoms with Crippen molar-refractivity contribution in [3.8, 4) is 17.0 Å². The van der Waals surface area contributed by atoms with Crippen molar-refractivity contribution in [2.75, 3.05) is 5.32 Å². The lowest BCUT2D eigenvalue weighted by molar-refractivity contribution is -0.114. The van der Waals surface area contributed by atoms with Gasteiger partial charge >= 0.3 is 0 Å². The molecule has 2 N–H and O–H groups in total. The first kappa shape index (κ1) is 11.1. The van der Waals surface area contributed by atoms with Crippen LogP contribution in [0, 0.1) is 0 Å². The third kappa shape index (κ3) is 2.57. The van der Waals surface area contributed by atoms with Crippen molar-refractivity contribution in [2.45, 2.75) is 6.92 Å². The third-order valence-corrected chi connectivity index (χ3v) is 2.14. The number of nitrogens with one attached hydrogen (secondary N) is 1. The monoisotopic (exact) mass is 229 g/mol. The fourth-order valence-corrected chi connectivity index (χ4v) is 1.40. The molecule has 0 aliphatic heterocycles. The van der Waals surface area contributed by atoms with Gasteiger partial charge in [0.25, 0.3) is 0 Å². The van der Waals surface area contributed by atoms with Gasteiger partial charge in [-0.25, -0.2) is 4.98 Å². The molecule has 0 saturated carbocycles. The van der Waals surface area contributed by atoms with Crippen molar-refractivity contribution in [3.05, 3.63) is 36.7 Å². The molecule has 5 heteroatoms. The van der Waals surface area contributed by atoms with Crippen LogP contribution in [0.15, 0.2) is 36.7 Å². The SMILES string of the molecule is CC(=O)Nc1cnc(-c2ccccc2O)cn1. The Kier molecular flexibility index (Phi) is 3.00. The highest BCUT2D eigenvalue weighted by Crippen LogP contribution is 2.26. The first-order chi connectivity index (χ1) is 8.16. The molecule has 0 bridgehead atoms. The highest BCUT2D eigenvalue weighted by atomic mass is 16.3. The van der Waals surface area contributed by atoms with Gasteiger partial charge in [0.2, 0.25) is 5.91 Å². The molecule has 17 heavy (non-hydrogen) atoms. The Morgan fingerprint density at radius 3 is 2.59 bits per heavy atom. The van der Waals surface area contributed by atoms with Crippen molar-refractivity contribution in [3.63, 3.8) is 0 Å². The summed E-state index contributed by atoms with van der Waals surface area (Å²) in [6.45, 7) is 1.40. The van der Waals surface area contributed by atoms with Gasteiger partial charge in [0.1, 0.15) is 5.75 Å². The van der Waals surface area contributed by atoms with Crippen LogP contribution in [0.1, 0.15) is 6.92 Å². The normalized spacial score (nSPS) is 9.94. The van der Waals surface area contributed by atoms with Crippen LogP contribution < -0.4 is 5.32 Å². The summed E-state index contributed by atoms with van der Waals surface area (Å²) >= 11 is 0. The number of para-hydroxylation sites is 1. The van der Waals surface area contributed by atoms with Gasteiger partial charge in [-0.1, -0.05) is 12.1 Å². The topological polar surface area (TPSA) is 75.1 Å². The molecule has 0 aliphatic carbocycles. The number of benzene rings is 1. The molecule has 0 saturated heterocycles. The lowest BCUT2D eigenvalue weighted by atomic mass is 10.1. The van der Waals surface area contributed by atoms with Crippen molar-refractivity contribution < 1.29 is 9.90 Å². The number of amides is 1. The molecular formula is C12H11N3O2. The van der Waals surface area contributed by atoms with Crippen LogP contribution in [0.25, 0.3) is 11.3 Å². The van der Waals surface area contributed by atoms with Gasteiger partial charge < -0.3 is 10.4 Å². The van der Waals surface area contributed by atoms with Gasteiger partial charge in [0.05, 0.1) is 18.1 Å². The van der Waals surface area contributed by atoms with Crippen molar-refractivity contribution >= 4 is 11.7 Å². The van der Waals surface area contributed by atoms with Crippen molar-refractivity contribution in [2.24, 2.45) is 0 Å². The Labute approximate surface area is 98.2 Å². The number of hydrogen-bond acceptors (Lipinski definition) is 4. The third-order valence-electron chi connectivity index (χ3n) is 2.14. The Morgan fingerprint density at radius 2 is 2.00 bits per heavy atom. The average Bonchev–Trinajstić information content (AvgIpc) is 2.30. The fraction of sp³-hybridized carbons (Fsp3) is 0.0833. The lowest BCUT2D eigenvalue weighted by Gasteiger charge is -2.04. The number of hydrogen-bond donors (Lipinski definition) is 2. The summed E-state index contributed by atoms with van der Waals surface area (Å²) < 4.78 is 0. The molecule has 0 aliphatic rings. The summed E-state index contributed by atoms with van der Waals surface area (Å²) in [4.78, 5) is 19.0. The van der Waals surface area contributed by atoms with Gasteiger partial charge in [-0.2, -0.15) is 0 Å². The van der Waals surface area contributed by atoms with Gasteiger partial charge in [-0.05, 0) is 12.1 Å². The van der Waals surface area contributed by atoms with E-state index >= 15 is 0 Å². The van der Waals surface area contributed by atoms with Gasteiger partial charge in [-0.3, -0.25) is 9.78 Å². The second-order valence-electron chi connectivity index (χ2n) is 3.49. The van der Waals surface area contributed by atoms with Crippen LogP contribution in [-0.4, -0.2) is 21.0 Å². The van der Waals surface area contributed by atoms with E-state index in [4.69, 9.17) is 0 Å². The van der Waals surface area contributed by atoms with E-state index in [0.717, 1.165) is 0 Å². The Hall–Kier alpha value is -2.43. The molecule has 1 aromatic heterocycles. The van der Waals surface area contributed by atoms with Crippen LogP contribution in [0.4, 0.5) is 5.82 Å². The summed E-state index contributed by atoms with van der Waals surface area (Å²) in [5, 5.41) is 12.2. The maximum Gasteiger partial charge on any atom is 0.222 e. The number of carbonyl (C=O) groups is 1. The molecule has 2 rings (SSSR count). The van der Waals surface area contributed by atoms with Crippen molar-refractivity contribution in [1.29, 1.82) is 0 Å². The molecule has 0 radical (unpaired) electrons. The molecule has 1 heterocycles. The molecule has 0 spiro atoms. The molecule has 0 unspecified atom stereocenters. The molecule has 1 amide bonds. The van der Waals surface area contributed by atoms with Gasteiger partial charge in [-0.15, -0.1) is 0 Å². The average molecular weight is 229 g/mol. The summed E-state index contributed by atoms with van der Waals surface area (Å²) in [5.41, 5.74) is 1.16. The zero-order chi connectivity index (χ0) is 12.3. The minimum atomic E-state index is -0.199. The molecule has 1 aromatic carbocycles. The lowest BCUT2D eigenvalue weighted by Crippen LogP contribution is -2.07. The van der Waals surface area contributed by atoms with E-state index in [0.29, 0.717) is 17.1 Å². The Balaban J connectivity index is 2.30. The molecule has 5 nitrogen and oxygen atoms in total. The Morgan fingerprint density at radius 1 is 1.24 bits per heavy atom. The molecule has 2 aromatic rings. The van der Waals surface area contributed by atoms with E-state index in [9.17, 15) is 9.90 Å². The fourth-order valence-electron chi connectivity index (χ4n) is 1.40. The first-order valence-electron chi connectivity index (χ1n) is 5.05. The number of aromatic nitrogens is 2. The van der Waals surface area contributed by atoms with E-state index in [1.807, 2.05) is 0 Å². The van der Waals surface area contributed by atoms with Crippen LogP contribution in [0.3, 0.4) is 0 Å². The number of anilines is 1. The largest absolute Gasteiger partial charge is 0.507 e. The standard InChI is InChI=1S/C12H11N3O2/c1-8(16)15-12-7-13-10(6-14-12)9-4-2-3-5-11(9)17/h2-7,17H,1H3,(H,14,15,16). The number of nitrogens with zero attached hydrogens (tertiary/aromatic N) is 2. The van der Waals surface area contributed by atoms with Gasteiger partial charge in [0.15, 0.2) is 5.82 Å². The van der Waals surface area contributed by atoms with E-state index in [2.05, 4.69) is 15.3 Å². The van der Waals surface area contributed by atoms with Crippen LogP contribution >= 0.6 is 0 Å². The first-order valence-corrected chi connectivity index (χ1v) is 5.05. The Bertz CT molecular complexity index is 538. The van der Waals surface area contributed by atoms with Crippen LogP contribution in [0.2, 0.25) is 0 Å². The number of aromatic hydroxyl groups is 1. The zero-order valence-corrected chi connectivity index (χ0v) is 9.21. The van der Waals surface area contributed by atoms with E-state index < -0.39 is 0 Å². The number of phenolic OH excluding ortho intramolecular Hbond substituents is 1. The maximum absolute atomic E-state index is 10.8. The van der Waals surface area contributed by atoms with Crippen molar-refractivity contribution in [1.82, 2.24) is 9.97 Å². The van der Waals surface area contributed by atoms with Crippen LogP contribution in [0.5, 0.6) is 5.75 Å². The maximum atomic E-state index is 10.8. The number of carbonyl (C=O) groups excluding carboxylic acids is 1. The molecule has 0 atom stereocenters. The highest BCUT2D eigenvalue weighted by molar-refractivity contribution is 5.87. The van der Waals surface area contributed by atoms with Gasteiger partial charge in [0, 0.05) is 12.5 Å². The predicted molar refractivity (Wildman–Crippen MR) is 63.4 cm³/mol. The highest BCUT2D eigenvalue weighted by Gasteiger charge is 2.05. The van der Waals surface area contributed by atoms with E-state index in [1.54, 1.807) is 24.3 Å². The smallest absolute Gasteiger partial charge is 0.222 e. The number of phenols is 1. The summed E-state index contributed by atoms with van der Waals surface area (Å²) in [6.07, 6.45) is 2.95. The predicted octanol–water partition coefficient (Wildman–Crippen LogP) is 1.81. The summed E-state index contributed by atoms with van der Waals surface area (Å²) in [5.74, 6) is 0.334. The second kappa shape index (κ2) is 4.61. The van der Waals surface area contributed by atoms with E-state index in [1.165, 1.54) is 19.3 Å².